The maximum absolute atomic E-state index is 13.3. The minimum absolute atomic E-state index is 0.117. The molecule has 3 aromatic carbocycles. The molecular weight excluding hydrogens is 613 g/mol. The Labute approximate surface area is 267 Å². The molecule has 0 bridgehead atoms. The summed E-state index contributed by atoms with van der Waals surface area (Å²) in [5, 5.41) is 12.8. The molecule has 3 N–H and O–H groups in total. The molecule has 0 fully saturated rings. The van der Waals surface area contributed by atoms with Crippen molar-refractivity contribution >= 4 is 69.1 Å². The number of thiazole rings is 1. The van der Waals surface area contributed by atoms with E-state index in [9.17, 15) is 14.4 Å². The number of nitrogens with one attached hydrogen (secondary N) is 3. The Balaban J connectivity index is 1.18. The molecule has 0 aliphatic carbocycles. The van der Waals surface area contributed by atoms with Gasteiger partial charge >= 0.3 is 0 Å². The molecule has 0 unspecified atom stereocenters. The van der Waals surface area contributed by atoms with Gasteiger partial charge in [0, 0.05) is 32.0 Å². The highest BCUT2D eigenvalue weighted by atomic mass is 32.2. The van der Waals surface area contributed by atoms with E-state index in [1.165, 1.54) is 34.4 Å². The molecule has 0 spiro atoms. The highest BCUT2D eigenvalue weighted by Gasteiger charge is 2.16. The SMILES string of the molecule is CCOc1ccc(-c2csc(NC(=O)CSc3cccc(NC(=O)/C(=C/c4cccs4)NC(=O)c4ccccc4)c3)n2)cc1. The lowest BCUT2D eigenvalue weighted by molar-refractivity contribution is -0.114. The van der Waals surface area contributed by atoms with E-state index < -0.39 is 5.91 Å². The molecule has 0 saturated carbocycles. The van der Waals surface area contributed by atoms with Crippen LogP contribution in [0, 0.1) is 0 Å². The average molecular weight is 641 g/mol. The summed E-state index contributed by atoms with van der Waals surface area (Å²) >= 11 is 4.15. The van der Waals surface area contributed by atoms with E-state index in [-0.39, 0.29) is 23.3 Å². The summed E-state index contributed by atoms with van der Waals surface area (Å²) in [6.45, 7) is 2.54. The zero-order valence-corrected chi connectivity index (χ0v) is 26.1. The minimum atomic E-state index is -0.463. The first-order valence-corrected chi connectivity index (χ1v) is 16.4. The van der Waals surface area contributed by atoms with E-state index in [4.69, 9.17) is 4.74 Å². The van der Waals surface area contributed by atoms with E-state index in [0.717, 1.165) is 26.8 Å². The smallest absolute Gasteiger partial charge is 0.272 e. The van der Waals surface area contributed by atoms with Crippen molar-refractivity contribution in [1.82, 2.24) is 10.3 Å². The molecule has 0 saturated heterocycles. The Bertz CT molecular complexity index is 1750. The first-order chi connectivity index (χ1) is 21.5. The fourth-order valence-electron chi connectivity index (χ4n) is 3.98. The number of carbonyl (C=O) groups is 3. The summed E-state index contributed by atoms with van der Waals surface area (Å²) in [7, 11) is 0. The predicted molar refractivity (Wildman–Crippen MR) is 179 cm³/mol. The van der Waals surface area contributed by atoms with Crippen molar-refractivity contribution in [2.24, 2.45) is 0 Å². The van der Waals surface area contributed by atoms with Crippen LogP contribution in [0.2, 0.25) is 0 Å². The average Bonchev–Trinajstić information content (AvgIpc) is 3.73. The number of anilines is 2. The van der Waals surface area contributed by atoms with Gasteiger partial charge in [0.1, 0.15) is 11.4 Å². The van der Waals surface area contributed by atoms with Crippen molar-refractivity contribution in [2.45, 2.75) is 11.8 Å². The zero-order valence-electron chi connectivity index (χ0n) is 23.6. The summed E-state index contributed by atoms with van der Waals surface area (Å²) in [6.07, 6.45) is 1.64. The van der Waals surface area contributed by atoms with Crippen LogP contribution in [0.3, 0.4) is 0 Å². The van der Waals surface area contributed by atoms with Crippen molar-refractivity contribution in [3.05, 3.63) is 118 Å². The van der Waals surface area contributed by atoms with Gasteiger partial charge in [-0.05, 0) is 79.0 Å². The van der Waals surface area contributed by atoms with Gasteiger partial charge < -0.3 is 20.7 Å². The number of benzene rings is 3. The number of rotatable bonds is 12. The summed E-state index contributed by atoms with van der Waals surface area (Å²) < 4.78 is 5.49. The molecule has 2 aromatic heterocycles. The zero-order chi connectivity index (χ0) is 30.7. The molecule has 8 nitrogen and oxygen atoms in total. The molecule has 0 atom stereocenters. The van der Waals surface area contributed by atoms with Gasteiger partial charge in [-0.3, -0.25) is 14.4 Å². The lowest BCUT2D eigenvalue weighted by atomic mass is 10.2. The summed E-state index contributed by atoms with van der Waals surface area (Å²) in [5.74, 6) is -0.0838. The third-order valence-electron chi connectivity index (χ3n) is 6.03. The number of nitrogens with zero attached hydrogens (tertiary/aromatic N) is 1. The van der Waals surface area contributed by atoms with Crippen LogP contribution >= 0.6 is 34.4 Å². The molecule has 0 aliphatic rings. The van der Waals surface area contributed by atoms with Gasteiger partial charge in [0.25, 0.3) is 11.8 Å². The quantitative estimate of drug-likeness (QED) is 0.0968. The molecule has 222 valence electrons. The fraction of sp³-hybridized carbons (Fsp3) is 0.0909. The number of ether oxygens (including phenoxy) is 1. The van der Waals surface area contributed by atoms with E-state index in [1.54, 1.807) is 48.5 Å². The van der Waals surface area contributed by atoms with Crippen molar-refractivity contribution in [3.8, 4) is 17.0 Å². The molecular formula is C33H28N4O4S3. The van der Waals surface area contributed by atoms with Crippen LogP contribution in [-0.4, -0.2) is 35.1 Å². The van der Waals surface area contributed by atoms with Crippen molar-refractivity contribution < 1.29 is 19.1 Å². The Morgan fingerprint density at radius 3 is 2.48 bits per heavy atom. The normalized spacial score (nSPS) is 11.1. The first kappa shape index (κ1) is 30.7. The minimum Gasteiger partial charge on any atom is -0.494 e. The maximum Gasteiger partial charge on any atom is 0.272 e. The maximum atomic E-state index is 13.3. The lowest BCUT2D eigenvalue weighted by Gasteiger charge is -2.12. The van der Waals surface area contributed by atoms with Crippen LogP contribution in [-0.2, 0) is 9.59 Å². The molecule has 3 amide bonds. The molecule has 11 heteroatoms. The number of hydrogen-bond acceptors (Lipinski definition) is 8. The summed E-state index contributed by atoms with van der Waals surface area (Å²) in [6, 6.07) is 27.3. The van der Waals surface area contributed by atoms with E-state index in [1.807, 2.05) is 66.2 Å². The van der Waals surface area contributed by atoms with Crippen molar-refractivity contribution in [3.63, 3.8) is 0 Å². The standard InChI is InChI=1S/C33H28N4O4S3/c1-2-41-25-15-13-22(14-16-25)29-20-44-33(36-29)37-30(38)21-43-26-11-6-10-24(18-26)34-32(40)28(19-27-12-7-17-42-27)35-31(39)23-8-4-3-5-9-23/h3-20H,2,21H2,1H3,(H,34,40)(H,35,39)(H,36,37,38)/b28-19-. The molecule has 2 heterocycles. The third kappa shape index (κ3) is 8.66. The van der Waals surface area contributed by atoms with Crippen molar-refractivity contribution in [1.29, 1.82) is 0 Å². The number of thiophene rings is 1. The van der Waals surface area contributed by atoms with Gasteiger partial charge in [0.2, 0.25) is 5.91 Å². The van der Waals surface area contributed by atoms with Gasteiger partial charge in [0.05, 0.1) is 18.1 Å². The van der Waals surface area contributed by atoms with Crippen LogP contribution in [0.1, 0.15) is 22.2 Å². The summed E-state index contributed by atoms with van der Waals surface area (Å²) in [5.41, 5.74) is 2.81. The van der Waals surface area contributed by atoms with Gasteiger partial charge in [-0.2, -0.15) is 0 Å². The van der Waals surface area contributed by atoms with Crippen molar-refractivity contribution in [2.75, 3.05) is 23.0 Å². The van der Waals surface area contributed by atoms with Crippen LogP contribution in [0.25, 0.3) is 17.3 Å². The number of aromatic nitrogens is 1. The highest BCUT2D eigenvalue weighted by Crippen LogP contribution is 2.27. The van der Waals surface area contributed by atoms with E-state index in [0.29, 0.717) is 23.0 Å². The molecule has 0 radical (unpaired) electrons. The van der Waals surface area contributed by atoms with Gasteiger partial charge in [-0.1, -0.05) is 30.3 Å². The second-order valence-electron chi connectivity index (χ2n) is 9.21. The number of carbonyl (C=O) groups excluding carboxylic acids is 3. The topological polar surface area (TPSA) is 109 Å². The van der Waals surface area contributed by atoms with Gasteiger partial charge in [0.15, 0.2) is 5.13 Å². The monoisotopic (exact) mass is 640 g/mol. The molecule has 44 heavy (non-hydrogen) atoms. The van der Waals surface area contributed by atoms with Crippen LogP contribution in [0.5, 0.6) is 5.75 Å². The van der Waals surface area contributed by atoms with E-state index >= 15 is 0 Å². The number of thioether (sulfide) groups is 1. The summed E-state index contributed by atoms with van der Waals surface area (Å²) in [4.78, 5) is 44.9. The fourth-order valence-corrected chi connectivity index (χ4v) is 6.12. The highest BCUT2D eigenvalue weighted by molar-refractivity contribution is 8.00. The Morgan fingerprint density at radius 1 is 0.909 bits per heavy atom. The van der Waals surface area contributed by atoms with Crippen LogP contribution in [0.15, 0.2) is 112 Å². The van der Waals surface area contributed by atoms with Crippen LogP contribution in [0.4, 0.5) is 10.8 Å². The second kappa shape index (κ2) is 15.1. The first-order valence-electron chi connectivity index (χ1n) is 13.6. The Hall–Kier alpha value is -4.71. The molecule has 5 rings (SSSR count). The van der Waals surface area contributed by atoms with Crippen LogP contribution < -0.4 is 20.7 Å². The Kier molecular flexibility index (Phi) is 10.6. The molecule has 5 aromatic rings. The lowest BCUT2D eigenvalue weighted by Crippen LogP contribution is -2.30. The Morgan fingerprint density at radius 2 is 1.73 bits per heavy atom. The predicted octanol–water partition coefficient (Wildman–Crippen LogP) is 7.41. The van der Waals surface area contributed by atoms with Gasteiger partial charge in [-0.25, -0.2) is 4.98 Å². The second-order valence-corrected chi connectivity index (χ2v) is 12.1. The number of amides is 3. The molecule has 0 aliphatic heterocycles. The number of hydrogen-bond donors (Lipinski definition) is 3. The third-order valence-corrected chi connectivity index (χ3v) is 8.60. The van der Waals surface area contributed by atoms with Gasteiger partial charge in [-0.15, -0.1) is 34.4 Å². The largest absolute Gasteiger partial charge is 0.494 e. The van der Waals surface area contributed by atoms with E-state index in [2.05, 4.69) is 20.9 Å².